The fraction of sp³-hybridized carbons (Fsp3) is 0. The van der Waals surface area contributed by atoms with Gasteiger partial charge in [0.2, 0.25) is 0 Å². The standard InChI is InChI=1S/C80H48N4S/c1-5-15-49(16-6-1)55-27-33-63-65-35-29-57(51-19-9-3-10-20-51)45-71(65)79-77(69(63)43-55)81-47-73(83-79)61-25-13-23-53(39-61)59-31-37-75-67(41-59)68-42-60(32-38-76(68)85-75)54-24-14-26-62(40-54)74-48-82-78-70-44-56(50-17-7-2-8-18-50)28-34-64(70)66-36-30-58(46-72(66)80(78)84-74)52-21-11-4-12-22-52/h1-48H. The molecule has 0 aliphatic rings. The maximum absolute atomic E-state index is 5.54. The van der Waals surface area contributed by atoms with Crippen LogP contribution in [0.15, 0.2) is 291 Å². The van der Waals surface area contributed by atoms with Crippen molar-refractivity contribution in [3.8, 4) is 89.3 Å². The Morgan fingerprint density at radius 2 is 0.459 bits per heavy atom. The van der Waals surface area contributed by atoms with Crippen molar-refractivity contribution < 1.29 is 0 Å². The Morgan fingerprint density at radius 1 is 0.188 bits per heavy atom. The molecule has 0 aliphatic carbocycles. The lowest BCUT2D eigenvalue weighted by molar-refractivity contribution is 1.31. The molecule has 4 nitrogen and oxygen atoms in total. The molecule has 394 valence electrons. The van der Waals surface area contributed by atoms with Gasteiger partial charge in [0.05, 0.1) is 45.8 Å². The highest BCUT2D eigenvalue weighted by atomic mass is 32.1. The Bertz CT molecular complexity index is 5180. The van der Waals surface area contributed by atoms with E-state index in [0.29, 0.717) is 0 Å². The van der Waals surface area contributed by atoms with Crippen molar-refractivity contribution in [3.05, 3.63) is 291 Å². The predicted octanol–water partition coefficient (Wildman–Crippen LogP) is 21.9. The molecule has 0 saturated carbocycles. The van der Waals surface area contributed by atoms with Gasteiger partial charge in [0, 0.05) is 52.8 Å². The molecule has 0 atom stereocenters. The van der Waals surface area contributed by atoms with E-state index in [2.05, 4.69) is 279 Å². The molecule has 0 unspecified atom stereocenters. The molecule has 0 fully saturated rings. The van der Waals surface area contributed by atoms with Crippen LogP contribution in [0.3, 0.4) is 0 Å². The van der Waals surface area contributed by atoms with Gasteiger partial charge in [-0.1, -0.05) is 218 Å². The van der Waals surface area contributed by atoms with Crippen LogP contribution in [0.5, 0.6) is 0 Å². The number of hydrogen-bond acceptors (Lipinski definition) is 5. The molecule has 3 aromatic heterocycles. The van der Waals surface area contributed by atoms with Gasteiger partial charge in [-0.05, 0) is 149 Å². The molecular weight excluding hydrogens is 1050 g/mol. The van der Waals surface area contributed by atoms with Crippen molar-refractivity contribution >= 4 is 96.7 Å². The summed E-state index contributed by atoms with van der Waals surface area (Å²) in [6.45, 7) is 0. The minimum Gasteiger partial charge on any atom is -0.252 e. The molecule has 14 aromatic carbocycles. The SMILES string of the molecule is c1ccc(-c2ccc3c4ccc(-c5ccccc5)cc4c4nc(-c5cccc(-c6ccc7sc8ccc(-c9cccc(-c%10cnc%11c%12cc(-c%13ccccc%13)ccc%12c%12ccc(-c%13ccccc%13)cc%12c%11n%10)c9)cc8c7c6)c5)cnc4c3c2)cc1. The molecule has 0 saturated heterocycles. The first kappa shape index (κ1) is 48.7. The second-order valence-electron chi connectivity index (χ2n) is 22.1. The van der Waals surface area contributed by atoms with E-state index < -0.39 is 0 Å². The number of fused-ring (bicyclic) bond motifs is 15. The second-order valence-corrected chi connectivity index (χ2v) is 23.2. The third-order valence-electron chi connectivity index (χ3n) is 17.1. The van der Waals surface area contributed by atoms with Crippen LogP contribution in [0.2, 0.25) is 0 Å². The van der Waals surface area contributed by atoms with Gasteiger partial charge in [0.1, 0.15) is 0 Å². The second kappa shape index (κ2) is 19.9. The number of hydrogen-bond donors (Lipinski definition) is 0. The maximum Gasteiger partial charge on any atom is 0.0979 e. The average Bonchev–Trinajstić information content (AvgIpc) is 4.19. The molecular formula is C80H48N4S. The monoisotopic (exact) mass is 1100 g/mol. The Kier molecular flexibility index (Phi) is 11.4. The lowest BCUT2D eigenvalue weighted by Gasteiger charge is -2.14. The van der Waals surface area contributed by atoms with Crippen LogP contribution in [0, 0.1) is 0 Å². The van der Waals surface area contributed by atoms with E-state index in [0.717, 1.165) is 132 Å². The van der Waals surface area contributed by atoms with Gasteiger partial charge in [0.25, 0.3) is 0 Å². The summed E-state index contributed by atoms with van der Waals surface area (Å²) in [5.41, 5.74) is 21.1. The van der Waals surface area contributed by atoms with Crippen LogP contribution in [-0.2, 0) is 0 Å². The van der Waals surface area contributed by atoms with Crippen LogP contribution in [-0.4, -0.2) is 19.9 Å². The first-order chi connectivity index (χ1) is 42.1. The highest BCUT2D eigenvalue weighted by Crippen LogP contribution is 2.43. The molecule has 3 heterocycles. The minimum atomic E-state index is 0.833. The Balaban J connectivity index is 0.741. The van der Waals surface area contributed by atoms with Gasteiger partial charge in [0.15, 0.2) is 0 Å². The van der Waals surface area contributed by atoms with E-state index in [1.807, 2.05) is 23.7 Å². The van der Waals surface area contributed by atoms with Gasteiger partial charge in [-0.25, -0.2) is 9.97 Å². The van der Waals surface area contributed by atoms with Crippen molar-refractivity contribution in [2.45, 2.75) is 0 Å². The third kappa shape index (κ3) is 8.43. The first-order valence-corrected chi connectivity index (χ1v) is 29.6. The lowest BCUT2D eigenvalue weighted by Crippen LogP contribution is -1.93. The Morgan fingerprint density at radius 3 is 0.812 bits per heavy atom. The summed E-state index contributed by atoms with van der Waals surface area (Å²) in [5.74, 6) is 0. The van der Waals surface area contributed by atoms with Gasteiger partial charge in [-0.15, -0.1) is 11.3 Å². The van der Waals surface area contributed by atoms with E-state index in [1.165, 1.54) is 42.4 Å². The third-order valence-corrected chi connectivity index (χ3v) is 18.3. The number of thiophene rings is 1. The normalized spacial score (nSPS) is 11.8. The fourth-order valence-electron chi connectivity index (χ4n) is 12.8. The summed E-state index contributed by atoms with van der Waals surface area (Å²) in [7, 11) is 0. The first-order valence-electron chi connectivity index (χ1n) is 28.8. The summed E-state index contributed by atoms with van der Waals surface area (Å²) in [5, 5.41) is 11.5. The maximum atomic E-state index is 5.54. The highest BCUT2D eigenvalue weighted by molar-refractivity contribution is 7.25. The van der Waals surface area contributed by atoms with E-state index in [-0.39, 0.29) is 0 Å². The van der Waals surface area contributed by atoms with Crippen LogP contribution in [0.25, 0.3) is 175 Å². The summed E-state index contributed by atoms with van der Waals surface area (Å²) in [4.78, 5) is 21.6. The van der Waals surface area contributed by atoms with Crippen LogP contribution < -0.4 is 0 Å². The summed E-state index contributed by atoms with van der Waals surface area (Å²) in [6.07, 6.45) is 3.91. The number of aromatic nitrogens is 4. The largest absolute Gasteiger partial charge is 0.252 e. The van der Waals surface area contributed by atoms with Crippen LogP contribution in [0.1, 0.15) is 0 Å². The smallest absolute Gasteiger partial charge is 0.0979 e. The van der Waals surface area contributed by atoms with Crippen LogP contribution >= 0.6 is 11.3 Å². The van der Waals surface area contributed by atoms with E-state index in [4.69, 9.17) is 19.9 Å². The van der Waals surface area contributed by atoms with E-state index in [1.54, 1.807) is 0 Å². The molecule has 85 heavy (non-hydrogen) atoms. The number of benzene rings is 14. The van der Waals surface area contributed by atoms with Gasteiger partial charge >= 0.3 is 0 Å². The topological polar surface area (TPSA) is 51.6 Å². The van der Waals surface area contributed by atoms with E-state index >= 15 is 0 Å². The quantitative estimate of drug-likeness (QED) is 0.142. The van der Waals surface area contributed by atoms with Crippen molar-refractivity contribution in [3.63, 3.8) is 0 Å². The van der Waals surface area contributed by atoms with Crippen molar-refractivity contribution in [1.82, 2.24) is 19.9 Å². The highest BCUT2D eigenvalue weighted by Gasteiger charge is 2.19. The summed E-state index contributed by atoms with van der Waals surface area (Å²) < 4.78 is 2.51. The fourth-order valence-corrected chi connectivity index (χ4v) is 13.9. The zero-order chi connectivity index (χ0) is 56.0. The lowest BCUT2D eigenvalue weighted by atomic mass is 9.93. The predicted molar refractivity (Wildman–Crippen MR) is 359 cm³/mol. The van der Waals surface area contributed by atoms with Gasteiger partial charge < -0.3 is 0 Å². The van der Waals surface area contributed by atoms with E-state index in [9.17, 15) is 0 Å². The van der Waals surface area contributed by atoms with Gasteiger partial charge in [-0.3, -0.25) is 9.97 Å². The van der Waals surface area contributed by atoms with Gasteiger partial charge in [-0.2, -0.15) is 0 Å². The molecule has 0 bridgehead atoms. The molecule has 0 radical (unpaired) electrons. The van der Waals surface area contributed by atoms with Crippen LogP contribution in [0.4, 0.5) is 0 Å². The Hall–Kier alpha value is -11.0. The molecule has 17 aromatic rings. The molecule has 0 spiro atoms. The molecule has 0 amide bonds. The van der Waals surface area contributed by atoms with Crippen molar-refractivity contribution in [2.75, 3.05) is 0 Å². The number of nitrogens with zero attached hydrogens (tertiary/aromatic N) is 4. The summed E-state index contributed by atoms with van der Waals surface area (Å²) in [6, 6.07) is 101. The zero-order valence-electron chi connectivity index (χ0n) is 45.9. The molecule has 17 rings (SSSR count). The molecule has 0 aliphatic heterocycles. The average molecular weight is 1100 g/mol. The molecule has 5 heteroatoms. The zero-order valence-corrected chi connectivity index (χ0v) is 46.7. The minimum absolute atomic E-state index is 0.833. The molecule has 0 N–H and O–H groups in total. The van der Waals surface area contributed by atoms with Crippen molar-refractivity contribution in [1.29, 1.82) is 0 Å². The number of rotatable bonds is 8. The summed E-state index contributed by atoms with van der Waals surface area (Å²) >= 11 is 1.84. The van der Waals surface area contributed by atoms with Crippen molar-refractivity contribution in [2.24, 2.45) is 0 Å². The Labute approximate surface area is 494 Å².